The SMILES string of the molecule is COC(=O)C(Cc1cccnc1)NC(=O)C1CN(C(=O)Nc2ccccc2)CCN1S(C)(=O)=O. The molecule has 2 atom stereocenters. The molecule has 182 valence electrons. The first-order valence-corrected chi connectivity index (χ1v) is 12.4. The molecule has 1 saturated heterocycles. The minimum absolute atomic E-state index is 0.0649. The number of sulfonamides is 1. The molecule has 2 aromatic rings. The lowest BCUT2D eigenvalue weighted by molar-refractivity contribution is -0.145. The van der Waals surface area contributed by atoms with Gasteiger partial charge < -0.3 is 20.3 Å². The first-order valence-electron chi connectivity index (χ1n) is 10.5. The van der Waals surface area contributed by atoms with E-state index in [0.29, 0.717) is 11.3 Å². The summed E-state index contributed by atoms with van der Waals surface area (Å²) in [5.41, 5.74) is 1.26. The number of piperazine rings is 1. The van der Waals surface area contributed by atoms with Crippen LogP contribution in [0.4, 0.5) is 10.5 Å². The highest BCUT2D eigenvalue weighted by molar-refractivity contribution is 7.88. The lowest BCUT2D eigenvalue weighted by Gasteiger charge is -2.39. The van der Waals surface area contributed by atoms with Gasteiger partial charge in [-0.1, -0.05) is 24.3 Å². The molecule has 0 aliphatic carbocycles. The summed E-state index contributed by atoms with van der Waals surface area (Å²) >= 11 is 0. The molecule has 1 aromatic heterocycles. The van der Waals surface area contributed by atoms with Crippen LogP contribution >= 0.6 is 0 Å². The number of ether oxygens (including phenoxy) is 1. The van der Waals surface area contributed by atoms with E-state index in [-0.39, 0.29) is 26.1 Å². The van der Waals surface area contributed by atoms with Gasteiger partial charge in [-0.3, -0.25) is 9.78 Å². The molecule has 0 spiro atoms. The van der Waals surface area contributed by atoms with Gasteiger partial charge in [0.25, 0.3) is 0 Å². The van der Waals surface area contributed by atoms with E-state index < -0.39 is 40.0 Å². The first-order chi connectivity index (χ1) is 16.2. The molecule has 2 unspecified atom stereocenters. The molecule has 11 nitrogen and oxygen atoms in total. The molecule has 1 fully saturated rings. The summed E-state index contributed by atoms with van der Waals surface area (Å²) < 4.78 is 30.6. The maximum Gasteiger partial charge on any atom is 0.328 e. The van der Waals surface area contributed by atoms with Gasteiger partial charge >= 0.3 is 12.0 Å². The number of aromatic nitrogens is 1. The molecular weight excluding hydrogens is 462 g/mol. The highest BCUT2D eigenvalue weighted by Crippen LogP contribution is 2.17. The second-order valence-corrected chi connectivity index (χ2v) is 9.72. The van der Waals surface area contributed by atoms with Crippen LogP contribution in [0.2, 0.25) is 0 Å². The van der Waals surface area contributed by atoms with Crippen LogP contribution in [0.15, 0.2) is 54.9 Å². The number of esters is 1. The number of hydrogen-bond donors (Lipinski definition) is 2. The monoisotopic (exact) mass is 489 g/mol. The van der Waals surface area contributed by atoms with Gasteiger partial charge in [-0.05, 0) is 23.8 Å². The van der Waals surface area contributed by atoms with Gasteiger partial charge in [0.15, 0.2) is 0 Å². The van der Waals surface area contributed by atoms with Gasteiger partial charge in [0.2, 0.25) is 15.9 Å². The summed E-state index contributed by atoms with van der Waals surface area (Å²) in [7, 11) is -2.56. The van der Waals surface area contributed by atoms with Crippen LogP contribution in [0.1, 0.15) is 5.56 Å². The van der Waals surface area contributed by atoms with Crippen molar-refractivity contribution < 1.29 is 27.5 Å². The number of amides is 3. The number of pyridine rings is 1. The van der Waals surface area contributed by atoms with Crippen LogP contribution in [0.3, 0.4) is 0 Å². The van der Waals surface area contributed by atoms with Crippen LogP contribution in [-0.4, -0.2) is 85.6 Å². The molecule has 3 rings (SSSR count). The van der Waals surface area contributed by atoms with E-state index in [4.69, 9.17) is 4.74 Å². The Kier molecular flexibility index (Phi) is 8.18. The normalized spacial score (nSPS) is 17.5. The van der Waals surface area contributed by atoms with Gasteiger partial charge in [-0.25, -0.2) is 18.0 Å². The third-order valence-electron chi connectivity index (χ3n) is 5.34. The zero-order valence-corrected chi connectivity index (χ0v) is 19.7. The number of benzene rings is 1. The number of nitrogens with one attached hydrogen (secondary N) is 2. The fraction of sp³-hybridized carbons (Fsp3) is 0.364. The molecule has 2 N–H and O–H groups in total. The smallest absolute Gasteiger partial charge is 0.328 e. The molecule has 0 saturated carbocycles. The van der Waals surface area contributed by atoms with E-state index in [9.17, 15) is 22.8 Å². The van der Waals surface area contributed by atoms with E-state index in [1.807, 2.05) is 6.07 Å². The van der Waals surface area contributed by atoms with E-state index in [2.05, 4.69) is 15.6 Å². The number of carbonyl (C=O) groups excluding carboxylic acids is 3. The minimum Gasteiger partial charge on any atom is -0.467 e. The van der Waals surface area contributed by atoms with Crippen LogP contribution in [-0.2, 0) is 30.8 Å². The summed E-state index contributed by atoms with van der Waals surface area (Å²) in [5.74, 6) is -1.39. The highest BCUT2D eigenvalue weighted by atomic mass is 32.2. The summed E-state index contributed by atoms with van der Waals surface area (Å²) in [6, 6.07) is 9.48. The van der Waals surface area contributed by atoms with Crippen molar-refractivity contribution in [3.05, 3.63) is 60.4 Å². The lowest BCUT2D eigenvalue weighted by Crippen LogP contribution is -2.63. The number of carbonyl (C=O) groups is 3. The van der Waals surface area contributed by atoms with E-state index >= 15 is 0 Å². The van der Waals surface area contributed by atoms with Gasteiger partial charge in [0, 0.05) is 44.1 Å². The standard InChI is InChI=1S/C22H27N5O6S/c1-33-21(29)18(13-16-7-6-10-23-14-16)25-20(28)19-15-26(11-12-27(19)34(2,31)32)22(30)24-17-8-4-3-5-9-17/h3-10,14,18-19H,11-13,15H2,1-2H3,(H,24,30)(H,25,28). The quantitative estimate of drug-likeness (QED) is 0.539. The van der Waals surface area contributed by atoms with Crippen LogP contribution in [0, 0.1) is 0 Å². The Balaban J connectivity index is 1.77. The number of methoxy groups -OCH3 is 1. The molecule has 1 aromatic carbocycles. The topological polar surface area (TPSA) is 138 Å². The Morgan fingerprint density at radius 2 is 1.88 bits per heavy atom. The van der Waals surface area contributed by atoms with Gasteiger partial charge in [-0.2, -0.15) is 4.31 Å². The van der Waals surface area contributed by atoms with Crippen LogP contribution < -0.4 is 10.6 Å². The van der Waals surface area contributed by atoms with Crippen molar-refractivity contribution in [2.45, 2.75) is 18.5 Å². The summed E-state index contributed by atoms with van der Waals surface area (Å²) in [4.78, 5) is 43.6. The number of urea groups is 1. The Morgan fingerprint density at radius 1 is 1.15 bits per heavy atom. The maximum atomic E-state index is 13.2. The summed E-state index contributed by atoms with van der Waals surface area (Å²) in [5, 5.41) is 5.32. The largest absolute Gasteiger partial charge is 0.467 e. The van der Waals surface area contributed by atoms with Gasteiger partial charge in [-0.15, -0.1) is 0 Å². The van der Waals surface area contributed by atoms with Crippen molar-refractivity contribution in [1.29, 1.82) is 0 Å². The van der Waals surface area contributed by atoms with E-state index in [0.717, 1.165) is 10.6 Å². The zero-order chi connectivity index (χ0) is 24.7. The molecular formula is C22H27N5O6S. The molecule has 34 heavy (non-hydrogen) atoms. The molecule has 0 bridgehead atoms. The number of para-hydroxylation sites is 1. The van der Waals surface area contributed by atoms with Crippen molar-refractivity contribution in [1.82, 2.24) is 19.5 Å². The van der Waals surface area contributed by atoms with E-state index in [1.165, 1.54) is 12.0 Å². The first kappa shape index (κ1) is 25.1. The Hall–Kier alpha value is -3.51. The molecule has 12 heteroatoms. The van der Waals surface area contributed by atoms with Crippen LogP contribution in [0.5, 0.6) is 0 Å². The molecule has 1 aliphatic rings. The average Bonchev–Trinajstić information content (AvgIpc) is 2.83. The molecule has 1 aliphatic heterocycles. The average molecular weight is 490 g/mol. The molecule has 3 amide bonds. The van der Waals surface area contributed by atoms with Crippen molar-refractivity contribution in [3.63, 3.8) is 0 Å². The predicted molar refractivity (Wildman–Crippen MR) is 124 cm³/mol. The third-order valence-corrected chi connectivity index (χ3v) is 6.63. The fourth-order valence-electron chi connectivity index (χ4n) is 3.64. The van der Waals surface area contributed by atoms with Gasteiger partial charge in [0.05, 0.1) is 13.4 Å². The minimum atomic E-state index is -3.76. The Morgan fingerprint density at radius 3 is 2.50 bits per heavy atom. The van der Waals surface area contributed by atoms with Crippen molar-refractivity contribution in [3.8, 4) is 0 Å². The predicted octanol–water partition coefficient (Wildman–Crippen LogP) is 0.460. The van der Waals surface area contributed by atoms with Crippen molar-refractivity contribution in [2.24, 2.45) is 0 Å². The number of anilines is 1. The van der Waals surface area contributed by atoms with Crippen LogP contribution in [0.25, 0.3) is 0 Å². The highest BCUT2D eigenvalue weighted by Gasteiger charge is 2.40. The number of rotatable bonds is 7. The van der Waals surface area contributed by atoms with E-state index in [1.54, 1.807) is 48.8 Å². The van der Waals surface area contributed by atoms with Crippen molar-refractivity contribution in [2.75, 3.05) is 38.3 Å². The number of hydrogen-bond acceptors (Lipinski definition) is 7. The zero-order valence-electron chi connectivity index (χ0n) is 18.9. The Bertz CT molecular complexity index is 1110. The third kappa shape index (κ3) is 6.51. The second kappa shape index (κ2) is 11.1. The summed E-state index contributed by atoms with van der Waals surface area (Å²) in [6.07, 6.45) is 4.24. The van der Waals surface area contributed by atoms with Gasteiger partial charge in [0.1, 0.15) is 12.1 Å². The maximum absolute atomic E-state index is 13.2. The molecule has 0 radical (unpaired) electrons. The van der Waals surface area contributed by atoms with Crippen molar-refractivity contribution >= 4 is 33.6 Å². The molecule has 2 heterocycles. The number of nitrogens with zero attached hydrogens (tertiary/aromatic N) is 3. The summed E-state index contributed by atoms with van der Waals surface area (Å²) in [6.45, 7) is -0.144. The fourth-order valence-corrected chi connectivity index (χ4v) is 4.68. The lowest BCUT2D eigenvalue weighted by atomic mass is 10.1. The second-order valence-electron chi connectivity index (χ2n) is 7.78. The Labute approximate surface area is 198 Å².